The zero-order valence-electron chi connectivity index (χ0n) is 19.4. The Kier molecular flexibility index (Phi) is 9.80. The minimum Gasteiger partial charge on any atom is -0.493 e. The molecular weight excluding hydrogens is 460 g/mol. The van der Waals surface area contributed by atoms with Crippen molar-refractivity contribution in [2.24, 2.45) is 11.8 Å². The van der Waals surface area contributed by atoms with Crippen molar-refractivity contribution in [3.05, 3.63) is 18.2 Å². The number of amides is 2. The first-order valence-electron chi connectivity index (χ1n) is 11.3. The van der Waals surface area contributed by atoms with Crippen LogP contribution in [-0.4, -0.2) is 42.0 Å². The monoisotopic (exact) mass is 492 g/mol. The van der Waals surface area contributed by atoms with Gasteiger partial charge in [0.05, 0.1) is 20.0 Å². The van der Waals surface area contributed by atoms with Gasteiger partial charge in [-0.2, -0.15) is 0 Å². The third kappa shape index (κ3) is 7.60. The van der Waals surface area contributed by atoms with Gasteiger partial charge in [-0.25, -0.2) is 0 Å². The fraction of sp³-hybridized carbons (Fsp3) is 0.565. The fourth-order valence-electron chi connectivity index (χ4n) is 3.97. The number of rotatable bonds is 11. The van der Waals surface area contributed by atoms with Gasteiger partial charge in [-0.1, -0.05) is 49.3 Å². The highest BCUT2D eigenvalue weighted by Crippen LogP contribution is 2.33. The molecule has 1 fully saturated rings. The number of unbranched alkanes of at least 4 members (excludes halogenated alkanes) is 1. The van der Waals surface area contributed by atoms with E-state index >= 15 is 0 Å². The number of aromatic nitrogens is 2. The third-order valence-electron chi connectivity index (χ3n) is 5.81. The molecule has 0 spiro atoms. The summed E-state index contributed by atoms with van der Waals surface area (Å²) < 4.78 is 11.1. The van der Waals surface area contributed by atoms with Crippen molar-refractivity contribution in [2.45, 2.75) is 56.2 Å². The maximum Gasteiger partial charge on any atom is 0.234 e. The van der Waals surface area contributed by atoms with Gasteiger partial charge in [0.2, 0.25) is 16.9 Å². The van der Waals surface area contributed by atoms with E-state index in [2.05, 4.69) is 27.8 Å². The average molecular weight is 493 g/mol. The second kappa shape index (κ2) is 12.8. The van der Waals surface area contributed by atoms with Gasteiger partial charge in [-0.15, -0.1) is 10.2 Å². The molecule has 33 heavy (non-hydrogen) atoms. The van der Waals surface area contributed by atoms with Crippen LogP contribution in [-0.2, 0) is 9.59 Å². The summed E-state index contributed by atoms with van der Waals surface area (Å²) >= 11 is 2.57. The highest BCUT2D eigenvalue weighted by molar-refractivity contribution is 8.01. The standard InChI is InChI=1S/C23H32N4O4S2/c1-4-5-6-15-7-9-16(10-8-15)21(29)25-22-26-27-23(33-22)32-14-20(28)24-17-11-12-18(30-2)19(13-17)31-3/h11-13,15-16H,4-10,14H2,1-3H3,(H,24,28)(H,25,26,29). The molecule has 2 amide bonds. The van der Waals surface area contributed by atoms with E-state index < -0.39 is 0 Å². The molecule has 0 atom stereocenters. The molecule has 0 aliphatic heterocycles. The summed E-state index contributed by atoms with van der Waals surface area (Å²) in [5.41, 5.74) is 0.618. The van der Waals surface area contributed by atoms with Gasteiger partial charge in [0, 0.05) is 17.7 Å². The molecule has 0 saturated heterocycles. The van der Waals surface area contributed by atoms with Gasteiger partial charge < -0.3 is 20.1 Å². The van der Waals surface area contributed by atoms with Crippen LogP contribution in [0.5, 0.6) is 11.5 Å². The van der Waals surface area contributed by atoms with E-state index in [1.807, 2.05) is 0 Å². The van der Waals surface area contributed by atoms with Crippen LogP contribution in [0.3, 0.4) is 0 Å². The van der Waals surface area contributed by atoms with Crippen molar-refractivity contribution in [1.82, 2.24) is 10.2 Å². The Bertz CT molecular complexity index is 929. The number of hydrogen-bond donors (Lipinski definition) is 2. The van der Waals surface area contributed by atoms with E-state index in [1.54, 1.807) is 32.4 Å². The summed E-state index contributed by atoms with van der Waals surface area (Å²) in [4.78, 5) is 24.9. The largest absolute Gasteiger partial charge is 0.493 e. The highest BCUT2D eigenvalue weighted by atomic mass is 32.2. The molecule has 2 N–H and O–H groups in total. The maximum atomic E-state index is 12.6. The Morgan fingerprint density at radius 1 is 1.09 bits per heavy atom. The smallest absolute Gasteiger partial charge is 0.234 e. The molecule has 1 heterocycles. The third-order valence-corrected chi connectivity index (χ3v) is 7.79. The maximum absolute atomic E-state index is 12.6. The van der Waals surface area contributed by atoms with Crippen molar-refractivity contribution in [1.29, 1.82) is 0 Å². The zero-order valence-corrected chi connectivity index (χ0v) is 21.0. The molecule has 0 radical (unpaired) electrons. The summed E-state index contributed by atoms with van der Waals surface area (Å²) in [7, 11) is 3.11. The van der Waals surface area contributed by atoms with Crippen LogP contribution in [0.2, 0.25) is 0 Å². The summed E-state index contributed by atoms with van der Waals surface area (Å²) in [6.45, 7) is 2.22. The van der Waals surface area contributed by atoms with E-state index in [0.29, 0.717) is 26.7 Å². The lowest BCUT2D eigenvalue weighted by molar-refractivity contribution is -0.121. The number of thioether (sulfide) groups is 1. The second-order valence-electron chi connectivity index (χ2n) is 8.13. The Morgan fingerprint density at radius 2 is 1.85 bits per heavy atom. The number of methoxy groups -OCH3 is 2. The predicted octanol–water partition coefficient (Wildman–Crippen LogP) is 5.22. The quantitative estimate of drug-likeness (QED) is 0.327. The van der Waals surface area contributed by atoms with Crippen molar-refractivity contribution in [3.63, 3.8) is 0 Å². The SMILES string of the molecule is CCCCC1CCC(C(=O)Nc2nnc(SCC(=O)Nc3ccc(OC)c(OC)c3)s2)CC1. The molecule has 1 aromatic carbocycles. The van der Waals surface area contributed by atoms with E-state index in [-0.39, 0.29) is 23.5 Å². The molecule has 10 heteroatoms. The number of nitrogens with one attached hydrogen (secondary N) is 2. The van der Waals surface area contributed by atoms with Crippen molar-refractivity contribution >= 4 is 45.7 Å². The first-order chi connectivity index (χ1) is 16.0. The molecule has 1 aromatic heterocycles. The first-order valence-corrected chi connectivity index (χ1v) is 13.1. The van der Waals surface area contributed by atoms with Crippen molar-refractivity contribution in [3.8, 4) is 11.5 Å². The molecule has 1 saturated carbocycles. The van der Waals surface area contributed by atoms with Gasteiger partial charge in [0.1, 0.15) is 0 Å². The summed E-state index contributed by atoms with van der Waals surface area (Å²) in [6.07, 6.45) is 7.93. The molecule has 1 aliphatic carbocycles. The van der Waals surface area contributed by atoms with Gasteiger partial charge in [0.15, 0.2) is 15.8 Å². The lowest BCUT2D eigenvalue weighted by atomic mass is 9.79. The Labute approximate surface area is 203 Å². The van der Waals surface area contributed by atoms with Crippen molar-refractivity contribution in [2.75, 3.05) is 30.6 Å². The molecule has 0 unspecified atom stereocenters. The van der Waals surface area contributed by atoms with Gasteiger partial charge in [-0.3, -0.25) is 9.59 Å². The summed E-state index contributed by atoms with van der Waals surface area (Å²) in [5.74, 6) is 1.99. The number of hydrogen-bond acceptors (Lipinski definition) is 8. The van der Waals surface area contributed by atoms with Crippen LogP contribution >= 0.6 is 23.1 Å². The molecule has 0 bridgehead atoms. The molecule has 1 aliphatic rings. The fourth-order valence-corrected chi connectivity index (χ4v) is 5.53. The number of nitrogens with zero attached hydrogens (tertiary/aromatic N) is 2. The minimum atomic E-state index is -0.173. The first kappa shape index (κ1) is 25.3. The zero-order chi connectivity index (χ0) is 23.6. The van der Waals surface area contributed by atoms with Crippen LogP contribution in [0.4, 0.5) is 10.8 Å². The Morgan fingerprint density at radius 3 is 2.55 bits per heavy atom. The molecule has 2 aromatic rings. The van der Waals surface area contributed by atoms with Crippen molar-refractivity contribution < 1.29 is 19.1 Å². The van der Waals surface area contributed by atoms with Crippen LogP contribution in [0.15, 0.2) is 22.5 Å². The summed E-state index contributed by atoms with van der Waals surface area (Å²) in [6, 6.07) is 5.19. The number of carbonyl (C=O) groups excluding carboxylic acids is 2. The van der Waals surface area contributed by atoms with Crippen LogP contribution in [0.1, 0.15) is 51.9 Å². The van der Waals surface area contributed by atoms with E-state index in [9.17, 15) is 9.59 Å². The number of ether oxygens (including phenoxy) is 2. The van der Waals surface area contributed by atoms with Gasteiger partial charge in [0.25, 0.3) is 0 Å². The normalized spacial score (nSPS) is 17.9. The van der Waals surface area contributed by atoms with E-state index in [0.717, 1.165) is 31.6 Å². The van der Waals surface area contributed by atoms with Crippen LogP contribution in [0.25, 0.3) is 0 Å². The van der Waals surface area contributed by atoms with Gasteiger partial charge in [-0.05, 0) is 43.7 Å². The molecule has 180 valence electrons. The molecule has 3 rings (SSSR count). The number of benzene rings is 1. The van der Waals surface area contributed by atoms with Crippen LogP contribution in [0, 0.1) is 11.8 Å². The highest BCUT2D eigenvalue weighted by Gasteiger charge is 2.26. The van der Waals surface area contributed by atoms with Crippen LogP contribution < -0.4 is 20.1 Å². The Hall–Kier alpha value is -2.33. The lowest BCUT2D eigenvalue weighted by Crippen LogP contribution is -2.27. The minimum absolute atomic E-state index is 0.0304. The van der Waals surface area contributed by atoms with E-state index in [4.69, 9.17) is 9.47 Å². The number of carbonyl (C=O) groups is 2. The van der Waals surface area contributed by atoms with Gasteiger partial charge >= 0.3 is 0 Å². The Balaban J connectivity index is 1.42. The predicted molar refractivity (Wildman–Crippen MR) is 132 cm³/mol. The molecular formula is C23H32N4O4S2. The average Bonchev–Trinajstić information content (AvgIpc) is 3.28. The number of anilines is 2. The summed E-state index contributed by atoms with van der Waals surface area (Å²) in [5, 5.41) is 14.4. The lowest BCUT2D eigenvalue weighted by Gasteiger charge is -2.27. The molecule has 8 nitrogen and oxygen atoms in total. The second-order valence-corrected chi connectivity index (χ2v) is 10.3. The van der Waals surface area contributed by atoms with E-state index in [1.165, 1.54) is 42.4 Å². The topological polar surface area (TPSA) is 102 Å².